The van der Waals surface area contributed by atoms with Crippen LogP contribution in [0.5, 0.6) is 11.5 Å². The van der Waals surface area contributed by atoms with Crippen LogP contribution >= 0.6 is 0 Å². The van der Waals surface area contributed by atoms with Gasteiger partial charge in [0.05, 0.1) is 17.6 Å². The Morgan fingerprint density at radius 1 is 1.19 bits per heavy atom. The summed E-state index contributed by atoms with van der Waals surface area (Å²) in [5, 5.41) is 19.2. The van der Waals surface area contributed by atoms with Crippen molar-refractivity contribution >= 4 is 22.7 Å². The molecule has 0 saturated heterocycles. The number of hydrogen-bond donors (Lipinski definition) is 3. The molecule has 3 atom stereocenters. The number of H-pyrrole nitrogens is 1. The topological polar surface area (TPSA) is 131 Å². The highest BCUT2D eigenvalue weighted by Crippen LogP contribution is 2.33. The molecular weight excluding hydrogens is 394 g/mol. The van der Waals surface area contributed by atoms with Crippen LogP contribution in [0, 0.1) is 23.2 Å². The summed E-state index contributed by atoms with van der Waals surface area (Å²) in [6, 6.07) is 13.7. The van der Waals surface area contributed by atoms with E-state index in [9.17, 15) is 14.9 Å². The van der Waals surface area contributed by atoms with Crippen LogP contribution in [0.2, 0.25) is 0 Å². The number of benzene rings is 2. The Morgan fingerprint density at radius 3 is 2.65 bits per heavy atom. The van der Waals surface area contributed by atoms with E-state index < -0.39 is 12.0 Å². The molecule has 0 bridgehead atoms. The third kappa shape index (κ3) is 4.30. The van der Waals surface area contributed by atoms with Gasteiger partial charge in [-0.15, -0.1) is 0 Å². The van der Waals surface area contributed by atoms with Gasteiger partial charge in [-0.2, -0.15) is 5.26 Å². The largest absolute Gasteiger partial charge is 0.478 e. The minimum Gasteiger partial charge on any atom is -0.478 e. The number of hydrogen-bond acceptors (Lipinski definition) is 4. The molecule has 158 valence electrons. The maximum absolute atomic E-state index is 12.9. The highest BCUT2D eigenvalue weighted by Gasteiger charge is 2.37. The van der Waals surface area contributed by atoms with Gasteiger partial charge in [-0.1, -0.05) is 6.42 Å². The Bertz CT molecular complexity index is 1160. The average molecular weight is 418 g/mol. The molecule has 7 nitrogen and oxygen atoms in total. The number of nitrogens with zero attached hydrogens (tertiary/aromatic N) is 1. The number of nitrogens with one attached hydrogen (secondary N) is 1. The molecule has 1 heterocycles. The molecule has 1 saturated carbocycles. The number of fused-ring (bicyclic) bond motifs is 1. The first-order valence-electron chi connectivity index (χ1n) is 10.3. The fourth-order valence-corrected chi connectivity index (χ4v) is 4.32. The quantitative estimate of drug-likeness (QED) is 0.542. The van der Waals surface area contributed by atoms with Crippen LogP contribution in [-0.4, -0.2) is 27.9 Å². The molecule has 31 heavy (non-hydrogen) atoms. The summed E-state index contributed by atoms with van der Waals surface area (Å²) in [6.45, 7) is 0. The minimum absolute atomic E-state index is 0.0734. The van der Waals surface area contributed by atoms with E-state index in [0.29, 0.717) is 17.9 Å². The van der Waals surface area contributed by atoms with Crippen molar-refractivity contribution in [3.63, 3.8) is 0 Å². The molecule has 0 radical (unpaired) electrons. The van der Waals surface area contributed by atoms with Crippen molar-refractivity contribution in [1.29, 1.82) is 5.26 Å². The van der Waals surface area contributed by atoms with Gasteiger partial charge >= 0.3 is 5.97 Å². The Labute approximate surface area is 179 Å². The number of ether oxygens (including phenoxy) is 1. The monoisotopic (exact) mass is 418 g/mol. The van der Waals surface area contributed by atoms with E-state index in [1.807, 2.05) is 24.4 Å². The molecule has 4 rings (SSSR count). The van der Waals surface area contributed by atoms with Crippen molar-refractivity contribution in [2.75, 3.05) is 0 Å². The van der Waals surface area contributed by atoms with Crippen molar-refractivity contribution in [2.45, 2.75) is 31.7 Å². The summed E-state index contributed by atoms with van der Waals surface area (Å²) in [5.41, 5.74) is 6.19. The number of quaternary nitrogens is 1. The van der Waals surface area contributed by atoms with Gasteiger partial charge in [0.25, 0.3) is 0 Å². The number of carboxylic acids is 1. The number of carbonyl (C=O) groups is 2. The van der Waals surface area contributed by atoms with Crippen molar-refractivity contribution in [3.8, 4) is 17.6 Å². The summed E-state index contributed by atoms with van der Waals surface area (Å²) in [4.78, 5) is 27.1. The van der Waals surface area contributed by atoms with Gasteiger partial charge in [0.1, 0.15) is 17.5 Å². The first-order valence-corrected chi connectivity index (χ1v) is 10.3. The second-order valence-electron chi connectivity index (χ2n) is 8.03. The number of aromatic nitrogens is 1. The van der Waals surface area contributed by atoms with Crippen LogP contribution in [-0.2, 0) is 11.2 Å². The van der Waals surface area contributed by atoms with E-state index >= 15 is 0 Å². The van der Waals surface area contributed by atoms with Gasteiger partial charge in [0, 0.05) is 29.4 Å². The minimum atomic E-state index is -0.985. The predicted molar refractivity (Wildman–Crippen MR) is 114 cm³/mol. The van der Waals surface area contributed by atoms with Gasteiger partial charge in [-0.05, 0) is 60.9 Å². The van der Waals surface area contributed by atoms with Crippen molar-refractivity contribution in [3.05, 3.63) is 59.8 Å². The second kappa shape index (κ2) is 8.62. The van der Waals surface area contributed by atoms with Crippen LogP contribution in [0.15, 0.2) is 48.7 Å². The first kappa shape index (κ1) is 20.6. The molecule has 5 N–H and O–H groups in total. The van der Waals surface area contributed by atoms with Crippen LogP contribution in [0.4, 0.5) is 0 Å². The van der Waals surface area contributed by atoms with Crippen molar-refractivity contribution < 1.29 is 25.2 Å². The lowest BCUT2D eigenvalue weighted by atomic mass is 9.87. The van der Waals surface area contributed by atoms with Crippen LogP contribution in [0.25, 0.3) is 10.9 Å². The van der Waals surface area contributed by atoms with Crippen molar-refractivity contribution in [2.24, 2.45) is 11.8 Å². The third-order valence-electron chi connectivity index (χ3n) is 5.99. The summed E-state index contributed by atoms with van der Waals surface area (Å²) in [6.07, 6.45) is 4.86. The molecule has 2 aromatic carbocycles. The second-order valence-corrected chi connectivity index (χ2v) is 8.03. The normalized spacial score (nSPS) is 19.1. The highest BCUT2D eigenvalue weighted by molar-refractivity contribution is 5.89. The smallest absolute Gasteiger partial charge is 0.335 e. The SMILES string of the molecule is N#CC1CCCC1C(=O)C([NH3+])Cc1c[nH]c2ccc(Oc3ccc(C(=O)O)cc3)cc12. The van der Waals surface area contributed by atoms with E-state index in [0.717, 1.165) is 35.7 Å². The molecule has 1 fully saturated rings. The zero-order valence-electron chi connectivity index (χ0n) is 17.0. The predicted octanol–water partition coefficient (Wildman–Crippen LogP) is 3.32. The lowest BCUT2D eigenvalue weighted by Gasteiger charge is -2.15. The maximum Gasteiger partial charge on any atom is 0.335 e. The highest BCUT2D eigenvalue weighted by atomic mass is 16.5. The molecular formula is C24H24N3O4+. The Kier molecular flexibility index (Phi) is 5.74. The Balaban J connectivity index is 1.51. The number of ketones is 1. The zero-order chi connectivity index (χ0) is 22.0. The van der Waals surface area contributed by atoms with Crippen LogP contribution in [0.3, 0.4) is 0 Å². The zero-order valence-corrected chi connectivity index (χ0v) is 17.0. The van der Waals surface area contributed by atoms with E-state index in [2.05, 4.69) is 16.8 Å². The number of carboxylic acid groups (broad SMARTS) is 1. The Hall–Kier alpha value is -3.63. The molecule has 1 aliphatic rings. The standard InChI is InChI=1S/C24H23N3O4/c25-12-15-2-1-3-19(15)23(28)21(26)10-16-13-27-22-9-8-18(11-20(16)22)31-17-6-4-14(5-7-17)24(29)30/h4-9,11,13,15,19,21,27H,1-3,10,26H2,(H,29,30)/p+1. The lowest BCUT2D eigenvalue weighted by molar-refractivity contribution is -0.403. The van der Waals surface area contributed by atoms with E-state index in [4.69, 9.17) is 9.84 Å². The van der Waals surface area contributed by atoms with Crippen LogP contribution < -0.4 is 10.5 Å². The summed E-state index contributed by atoms with van der Waals surface area (Å²) in [7, 11) is 0. The molecule has 0 amide bonds. The van der Waals surface area contributed by atoms with E-state index in [1.54, 1.807) is 12.1 Å². The number of nitriles is 1. The average Bonchev–Trinajstić information content (AvgIpc) is 3.40. The molecule has 3 aromatic rings. The van der Waals surface area contributed by atoms with Gasteiger partial charge in [-0.25, -0.2) is 4.79 Å². The molecule has 1 aliphatic carbocycles. The summed E-state index contributed by atoms with van der Waals surface area (Å²) >= 11 is 0. The summed E-state index contributed by atoms with van der Waals surface area (Å²) < 4.78 is 5.88. The third-order valence-corrected chi connectivity index (χ3v) is 5.99. The summed E-state index contributed by atoms with van der Waals surface area (Å²) in [5.74, 6) is -0.151. The molecule has 0 spiro atoms. The molecule has 1 aromatic heterocycles. The molecule has 7 heteroatoms. The molecule has 3 unspecified atom stereocenters. The van der Waals surface area contributed by atoms with Crippen LogP contribution in [0.1, 0.15) is 35.2 Å². The molecule has 0 aliphatic heterocycles. The number of carbonyl (C=O) groups excluding carboxylic acids is 1. The van der Waals surface area contributed by atoms with E-state index in [-0.39, 0.29) is 23.2 Å². The number of aromatic amines is 1. The van der Waals surface area contributed by atoms with Gasteiger partial charge in [0.2, 0.25) is 0 Å². The number of Topliss-reactive ketones (excluding diaryl/α,β-unsaturated/α-hetero) is 1. The lowest BCUT2D eigenvalue weighted by Crippen LogP contribution is -2.67. The maximum atomic E-state index is 12.9. The number of rotatable bonds is 7. The Morgan fingerprint density at radius 2 is 1.94 bits per heavy atom. The fourth-order valence-electron chi connectivity index (χ4n) is 4.32. The van der Waals surface area contributed by atoms with Crippen molar-refractivity contribution in [1.82, 2.24) is 4.98 Å². The first-order chi connectivity index (χ1) is 15.0. The van der Waals surface area contributed by atoms with Gasteiger partial charge < -0.3 is 20.6 Å². The van der Waals surface area contributed by atoms with E-state index in [1.165, 1.54) is 12.1 Å². The fraction of sp³-hybridized carbons (Fsp3) is 0.292. The van der Waals surface area contributed by atoms with Gasteiger partial charge in [0.15, 0.2) is 5.78 Å². The number of aromatic carboxylic acids is 1. The van der Waals surface area contributed by atoms with Gasteiger partial charge in [-0.3, -0.25) is 4.79 Å².